The number of rotatable bonds is 4. The molecule has 2 aliphatic rings. The second-order valence-corrected chi connectivity index (χ2v) is 6.10. The standard InChI is InChI=1S/C14H25F3N2/c15-14(16,17)11-19-8-7-12(10-19)9-18-13-5-3-1-2-4-6-13/h12-13,18H,1-11H2. The second-order valence-electron chi connectivity index (χ2n) is 6.10. The summed E-state index contributed by atoms with van der Waals surface area (Å²) in [4.78, 5) is 1.54. The number of nitrogens with one attached hydrogen (secondary N) is 1. The van der Waals surface area contributed by atoms with Crippen molar-refractivity contribution in [1.29, 1.82) is 0 Å². The molecule has 1 atom stereocenters. The maximum atomic E-state index is 12.3. The zero-order valence-corrected chi connectivity index (χ0v) is 11.5. The summed E-state index contributed by atoms with van der Waals surface area (Å²) in [6.07, 6.45) is 4.57. The molecular formula is C14H25F3N2. The highest BCUT2D eigenvalue weighted by Gasteiger charge is 2.34. The quantitative estimate of drug-likeness (QED) is 0.795. The second kappa shape index (κ2) is 6.93. The minimum absolute atomic E-state index is 0.394. The summed E-state index contributed by atoms with van der Waals surface area (Å²) in [7, 11) is 0. The summed E-state index contributed by atoms with van der Waals surface area (Å²) >= 11 is 0. The van der Waals surface area contributed by atoms with Crippen molar-refractivity contribution in [3.8, 4) is 0 Å². The number of hydrogen-bond acceptors (Lipinski definition) is 2. The van der Waals surface area contributed by atoms with Gasteiger partial charge in [0.1, 0.15) is 0 Å². The van der Waals surface area contributed by atoms with E-state index >= 15 is 0 Å². The summed E-state index contributed by atoms with van der Waals surface area (Å²) in [5, 5.41) is 3.58. The highest BCUT2D eigenvalue weighted by atomic mass is 19.4. The average molecular weight is 278 g/mol. The van der Waals surface area contributed by atoms with Crippen LogP contribution in [0.1, 0.15) is 44.9 Å². The van der Waals surface area contributed by atoms with Gasteiger partial charge in [0.2, 0.25) is 0 Å². The Morgan fingerprint density at radius 2 is 1.68 bits per heavy atom. The van der Waals surface area contributed by atoms with Crippen LogP contribution in [0.5, 0.6) is 0 Å². The van der Waals surface area contributed by atoms with Crippen LogP contribution in [-0.4, -0.2) is 43.3 Å². The topological polar surface area (TPSA) is 15.3 Å². The Labute approximate surface area is 113 Å². The first-order chi connectivity index (χ1) is 9.03. The van der Waals surface area contributed by atoms with E-state index in [-0.39, 0.29) is 0 Å². The van der Waals surface area contributed by atoms with Crippen LogP contribution in [0.4, 0.5) is 13.2 Å². The maximum absolute atomic E-state index is 12.3. The minimum Gasteiger partial charge on any atom is -0.314 e. The van der Waals surface area contributed by atoms with Crippen molar-refractivity contribution in [3.05, 3.63) is 0 Å². The molecule has 0 radical (unpaired) electrons. The molecule has 1 heterocycles. The Morgan fingerprint density at radius 3 is 2.32 bits per heavy atom. The molecule has 0 aromatic heterocycles. The molecule has 0 bridgehead atoms. The molecule has 1 saturated carbocycles. The van der Waals surface area contributed by atoms with Crippen LogP contribution < -0.4 is 5.32 Å². The van der Waals surface area contributed by atoms with Crippen molar-refractivity contribution in [2.45, 2.75) is 57.2 Å². The van der Waals surface area contributed by atoms with Crippen LogP contribution in [0.2, 0.25) is 0 Å². The van der Waals surface area contributed by atoms with Crippen LogP contribution in [0.15, 0.2) is 0 Å². The molecule has 0 spiro atoms. The Balaban J connectivity index is 1.64. The molecule has 112 valence electrons. The van der Waals surface area contributed by atoms with Crippen LogP contribution in [-0.2, 0) is 0 Å². The van der Waals surface area contributed by atoms with E-state index in [0.29, 0.717) is 25.0 Å². The largest absolute Gasteiger partial charge is 0.401 e. The fourth-order valence-corrected chi connectivity index (χ4v) is 3.29. The smallest absolute Gasteiger partial charge is 0.314 e. The van der Waals surface area contributed by atoms with Crippen LogP contribution in [0, 0.1) is 5.92 Å². The van der Waals surface area contributed by atoms with E-state index in [0.717, 1.165) is 13.0 Å². The molecule has 0 amide bonds. The van der Waals surface area contributed by atoms with Crippen molar-refractivity contribution in [2.24, 2.45) is 5.92 Å². The van der Waals surface area contributed by atoms with E-state index in [2.05, 4.69) is 5.32 Å². The third kappa shape index (κ3) is 5.69. The maximum Gasteiger partial charge on any atom is 0.401 e. The zero-order valence-electron chi connectivity index (χ0n) is 11.5. The van der Waals surface area contributed by atoms with Crippen molar-refractivity contribution >= 4 is 0 Å². The molecule has 1 saturated heterocycles. The monoisotopic (exact) mass is 278 g/mol. The molecule has 2 fully saturated rings. The Bertz CT molecular complexity index is 260. The number of nitrogens with zero attached hydrogens (tertiary/aromatic N) is 1. The van der Waals surface area contributed by atoms with Gasteiger partial charge in [-0.1, -0.05) is 25.7 Å². The summed E-state index contributed by atoms with van der Waals surface area (Å²) in [6, 6.07) is 0.596. The van der Waals surface area contributed by atoms with Gasteiger partial charge in [-0.2, -0.15) is 13.2 Å². The molecule has 1 aliphatic heterocycles. The van der Waals surface area contributed by atoms with Gasteiger partial charge in [-0.3, -0.25) is 4.90 Å². The molecule has 19 heavy (non-hydrogen) atoms. The normalized spacial score (nSPS) is 27.6. The fraction of sp³-hybridized carbons (Fsp3) is 1.00. The van der Waals surface area contributed by atoms with Crippen LogP contribution >= 0.6 is 0 Å². The average Bonchev–Trinajstić information content (AvgIpc) is 2.60. The summed E-state index contributed by atoms with van der Waals surface area (Å²) in [5.41, 5.74) is 0. The summed E-state index contributed by atoms with van der Waals surface area (Å²) in [5.74, 6) is 0.394. The highest BCUT2D eigenvalue weighted by molar-refractivity contribution is 4.80. The van der Waals surface area contributed by atoms with Gasteiger partial charge >= 0.3 is 6.18 Å². The highest BCUT2D eigenvalue weighted by Crippen LogP contribution is 2.23. The van der Waals surface area contributed by atoms with Gasteiger partial charge in [-0.25, -0.2) is 0 Å². The van der Waals surface area contributed by atoms with E-state index in [9.17, 15) is 13.2 Å². The molecule has 0 aromatic carbocycles. The predicted octanol–water partition coefficient (Wildman–Crippen LogP) is 3.18. The van der Waals surface area contributed by atoms with E-state index in [1.807, 2.05) is 0 Å². The van der Waals surface area contributed by atoms with Gasteiger partial charge in [0.05, 0.1) is 6.54 Å². The predicted molar refractivity (Wildman–Crippen MR) is 70.1 cm³/mol. The van der Waals surface area contributed by atoms with Crippen LogP contribution in [0.25, 0.3) is 0 Å². The molecule has 2 nitrogen and oxygen atoms in total. The number of halogens is 3. The molecule has 2 rings (SSSR count). The first-order valence-corrected chi connectivity index (χ1v) is 7.55. The third-order valence-corrected chi connectivity index (χ3v) is 4.32. The SMILES string of the molecule is FC(F)(F)CN1CCC(CNC2CCCCCC2)C1. The first kappa shape index (κ1) is 15.1. The van der Waals surface area contributed by atoms with E-state index in [4.69, 9.17) is 0 Å². The lowest BCUT2D eigenvalue weighted by atomic mass is 10.1. The van der Waals surface area contributed by atoms with Crippen molar-refractivity contribution in [3.63, 3.8) is 0 Å². The molecule has 1 unspecified atom stereocenters. The first-order valence-electron chi connectivity index (χ1n) is 7.55. The van der Waals surface area contributed by atoms with Crippen LogP contribution in [0.3, 0.4) is 0 Å². The number of hydrogen-bond donors (Lipinski definition) is 1. The van der Waals surface area contributed by atoms with Gasteiger partial charge in [0.15, 0.2) is 0 Å². The van der Waals surface area contributed by atoms with Crippen molar-refractivity contribution < 1.29 is 13.2 Å². The fourth-order valence-electron chi connectivity index (χ4n) is 3.29. The molecular weight excluding hydrogens is 253 g/mol. The third-order valence-electron chi connectivity index (χ3n) is 4.32. The lowest BCUT2D eigenvalue weighted by molar-refractivity contribution is -0.143. The van der Waals surface area contributed by atoms with Gasteiger partial charge in [-0.05, 0) is 38.3 Å². The minimum atomic E-state index is -4.05. The van der Waals surface area contributed by atoms with E-state index in [1.165, 1.54) is 38.5 Å². The van der Waals surface area contributed by atoms with Gasteiger partial charge < -0.3 is 5.32 Å². The lowest BCUT2D eigenvalue weighted by Crippen LogP contribution is -2.36. The van der Waals surface area contributed by atoms with Gasteiger partial charge in [0, 0.05) is 12.6 Å². The molecule has 0 aromatic rings. The van der Waals surface area contributed by atoms with Crippen molar-refractivity contribution in [1.82, 2.24) is 10.2 Å². The molecule has 1 N–H and O–H groups in total. The molecule has 5 heteroatoms. The number of likely N-dealkylation sites (tertiary alicyclic amines) is 1. The Morgan fingerprint density at radius 1 is 1.00 bits per heavy atom. The molecule has 1 aliphatic carbocycles. The Kier molecular flexibility index (Phi) is 5.51. The Hall–Kier alpha value is -0.290. The lowest BCUT2D eigenvalue weighted by Gasteiger charge is -2.20. The van der Waals surface area contributed by atoms with E-state index in [1.54, 1.807) is 4.90 Å². The van der Waals surface area contributed by atoms with Gasteiger partial charge in [0.25, 0.3) is 0 Å². The summed E-state index contributed by atoms with van der Waals surface area (Å²) in [6.45, 7) is 1.34. The zero-order chi connectivity index (χ0) is 13.7. The summed E-state index contributed by atoms with van der Waals surface area (Å²) < 4.78 is 36.9. The van der Waals surface area contributed by atoms with Gasteiger partial charge in [-0.15, -0.1) is 0 Å². The van der Waals surface area contributed by atoms with Crippen molar-refractivity contribution in [2.75, 3.05) is 26.2 Å². The number of alkyl halides is 3. The van der Waals surface area contributed by atoms with E-state index < -0.39 is 12.7 Å².